The van der Waals surface area contributed by atoms with E-state index in [4.69, 9.17) is 14.2 Å². The molecule has 1 aromatic rings. The van der Waals surface area contributed by atoms with Crippen LogP contribution in [0.5, 0.6) is 11.5 Å². The van der Waals surface area contributed by atoms with Crippen LogP contribution in [0, 0.1) is 0 Å². The Morgan fingerprint density at radius 2 is 1.84 bits per heavy atom. The largest absolute Gasteiger partial charge is 0.493 e. The van der Waals surface area contributed by atoms with Crippen LogP contribution in [-0.4, -0.2) is 37.5 Å². The second-order valence-electron chi connectivity index (χ2n) is 6.34. The van der Waals surface area contributed by atoms with Crippen molar-refractivity contribution in [2.45, 2.75) is 71.0 Å². The molecular weight excluding hydrogens is 320 g/mol. The summed E-state index contributed by atoms with van der Waals surface area (Å²) >= 11 is 0. The van der Waals surface area contributed by atoms with Crippen molar-refractivity contribution in [2.24, 2.45) is 0 Å². The minimum Gasteiger partial charge on any atom is -0.493 e. The second-order valence-corrected chi connectivity index (χ2v) is 6.34. The maximum absolute atomic E-state index is 11.2. The van der Waals surface area contributed by atoms with Gasteiger partial charge in [-0.25, -0.2) is 0 Å². The van der Waals surface area contributed by atoms with Gasteiger partial charge in [-0.1, -0.05) is 25.8 Å². The summed E-state index contributed by atoms with van der Waals surface area (Å²) in [4.78, 5) is 11.2. The molecule has 2 unspecified atom stereocenters. The summed E-state index contributed by atoms with van der Waals surface area (Å²) in [5, 5.41) is 10.3. The van der Waals surface area contributed by atoms with E-state index >= 15 is 0 Å². The van der Waals surface area contributed by atoms with Gasteiger partial charge in [0, 0.05) is 13.3 Å². The number of benzene rings is 1. The highest BCUT2D eigenvalue weighted by Gasteiger charge is 2.17. The minimum atomic E-state index is -0.501. The van der Waals surface area contributed by atoms with Gasteiger partial charge in [0.05, 0.1) is 20.3 Å². The number of aryl methyl sites for hydroxylation is 1. The molecule has 0 aliphatic rings. The number of esters is 1. The molecule has 0 saturated carbocycles. The van der Waals surface area contributed by atoms with E-state index in [0.29, 0.717) is 24.3 Å². The average molecular weight is 352 g/mol. The van der Waals surface area contributed by atoms with Crippen molar-refractivity contribution in [2.75, 3.05) is 14.2 Å². The van der Waals surface area contributed by atoms with Gasteiger partial charge in [-0.05, 0) is 43.4 Å². The minimum absolute atomic E-state index is 0.204. The number of methoxy groups -OCH3 is 2. The van der Waals surface area contributed by atoms with E-state index in [-0.39, 0.29) is 12.1 Å². The summed E-state index contributed by atoms with van der Waals surface area (Å²) in [5.74, 6) is 1.10. The van der Waals surface area contributed by atoms with Crippen LogP contribution in [0.1, 0.15) is 57.9 Å². The van der Waals surface area contributed by atoms with E-state index in [1.165, 1.54) is 6.92 Å². The Hall–Kier alpha value is -1.75. The predicted octanol–water partition coefficient (Wildman–Crippen LogP) is 3.90. The number of unbranched alkanes of at least 4 members (excludes halogenated alkanes) is 2. The summed E-state index contributed by atoms with van der Waals surface area (Å²) < 4.78 is 15.9. The molecule has 1 rings (SSSR count). The standard InChI is InChI=1S/C20H32O5/c1-5-6-7-8-18(25-15(2)21)14-17(22)11-9-16-10-12-19(23-3)20(13-16)24-4/h10,12-13,17-18,22H,5-9,11,14H2,1-4H3. The number of carbonyl (C=O) groups is 1. The topological polar surface area (TPSA) is 65.0 Å². The highest BCUT2D eigenvalue weighted by atomic mass is 16.5. The van der Waals surface area contributed by atoms with Gasteiger partial charge in [0.1, 0.15) is 6.10 Å². The maximum atomic E-state index is 11.2. The van der Waals surface area contributed by atoms with Gasteiger partial charge in [0.2, 0.25) is 0 Å². The van der Waals surface area contributed by atoms with Gasteiger partial charge >= 0.3 is 5.97 Å². The summed E-state index contributed by atoms with van der Waals surface area (Å²) in [6.45, 7) is 3.56. The normalized spacial score (nSPS) is 13.2. The Bertz CT molecular complexity index is 515. The molecule has 5 nitrogen and oxygen atoms in total. The first-order chi connectivity index (χ1) is 12.0. The number of aliphatic hydroxyl groups excluding tert-OH is 1. The Labute approximate surface area is 151 Å². The highest BCUT2D eigenvalue weighted by Crippen LogP contribution is 2.28. The third-order valence-corrected chi connectivity index (χ3v) is 4.21. The van der Waals surface area contributed by atoms with Crippen LogP contribution >= 0.6 is 0 Å². The molecule has 0 amide bonds. The van der Waals surface area contributed by atoms with Gasteiger partial charge in [0.15, 0.2) is 11.5 Å². The van der Waals surface area contributed by atoms with Gasteiger partial charge in [-0.3, -0.25) is 4.79 Å². The van der Waals surface area contributed by atoms with Crippen molar-refractivity contribution >= 4 is 5.97 Å². The Kier molecular flexibility index (Phi) is 10.0. The lowest BCUT2D eigenvalue weighted by molar-refractivity contribution is -0.148. The Morgan fingerprint density at radius 1 is 1.12 bits per heavy atom. The number of hydrogen-bond donors (Lipinski definition) is 1. The molecule has 25 heavy (non-hydrogen) atoms. The summed E-state index contributed by atoms with van der Waals surface area (Å²) in [7, 11) is 3.21. The van der Waals surface area contributed by atoms with Crippen molar-refractivity contribution in [3.8, 4) is 11.5 Å². The van der Waals surface area contributed by atoms with Crippen molar-refractivity contribution < 1.29 is 24.1 Å². The fraction of sp³-hybridized carbons (Fsp3) is 0.650. The second kappa shape index (κ2) is 11.7. The smallest absolute Gasteiger partial charge is 0.302 e. The Morgan fingerprint density at radius 3 is 2.44 bits per heavy atom. The molecule has 0 heterocycles. The lowest BCUT2D eigenvalue weighted by Crippen LogP contribution is -2.23. The van der Waals surface area contributed by atoms with Gasteiger partial charge in [0.25, 0.3) is 0 Å². The van der Waals surface area contributed by atoms with Crippen LogP contribution in [0.25, 0.3) is 0 Å². The van der Waals surface area contributed by atoms with E-state index in [9.17, 15) is 9.90 Å². The van der Waals surface area contributed by atoms with Gasteiger partial charge < -0.3 is 19.3 Å². The zero-order valence-corrected chi connectivity index (χ0v) is 15.9. The molecule has 0 spiro atoms. The molecule has 5 heteroatoms. The average Bonchev–Trinajstić information content (AvgIpc) is 2.59. The number of aliphatic hydroxyl groups is 1. The van der Waals surface area contributed by atoms with Gasteiger partial charge in [-0.2, -0.15) is 0 Å². The number of rotatable bonds is 12. The van der Waals surface area contributed by atoms with Gasteiger partial charge in [-0.15, -0.1) is 0 Å². The molecule has 2 atom stereocenters. The van der Waals surface area contributed by atoms with Crippen LogP contribution in [-0.2, 0) is 16.0 Å². The first kappa shape index (κ1) is 21.3. The molecule has 0 aliphatic carbocycles. The molecule has 0 bridgehead atoms. The SMILES string of the molecule is CCCCCC(CC(O)CCc1ccc(OC)c(OC)c1)OC(C)=O. The first-order valence-electron chi connectivity index (χ1n) is 9.06. The molecule has 0 aliphatic heterocycles. The van der Waals surface area contributed by atoms with Crippen LogP contribution in [0.4, 0.5) is 0 Å². The van der Waals surface area contributed by atoms with Crippen LogP contribution in [0.3, 0.4) is 0 Å². The summed E-state index contributed by atoms with van der Waals surface area (Å²) in [6, 6.07) is 5.77. The molecule has 0 saturated heterocycles. The molecular formula is C20H32O5. The van der Waals surface area contributed by atoms with E-state index < -0.39 is 6.10 Å². The lowest BCUT2D eigenvalue weighted by Gasteiger charge is -2.20. The number of ether oxygens (including phenoxy) is 3. The third-order valence-electron chi connectivity index (χ3n) is 4.21. The molecule has 142 valence electrons. The lowest BCUT2D eigenvalue weighted by atomic mass is 9.99. The van der Waals surface area contributed by atoms with E-state index in [1.807, 2.05) is 18.2 Å². The Balaban J connectivity index is 2.52. The van der Waals surface area contributed by atoms with Crippen molar-refractivity contribution in [1.82, 2.24) is 0 Å². The zero-order chi connectivity index (χ0) is 18.7. The van der Waals surface area contributed by atoms with Crippen molar-refractivity contribution in [3.63, 3.8) is 0 Å². The predicted molar refractivity (Wildman–Crippen MR) is 98.2 cm³/mol. The van der Waals surface area contributed by atoms with Crippen LogP contribution < -0.4 is 9.47 Å². The third kappa shape index (κ3) is 8.25. The van der Waals surface area contributed by atoms with E-state index in [1.54, 1.807) is 14.2 Å². The fourth-order valence-corrected chi connectivity index (χ4v) is 2.87. The molecule has 1 aromatic carbocycles. The molecule has 0 radical (unpaired) electrons. The zero-order valence-electron chi connectivity index (χ0n) is 15.9. The summed E-state index contributed by atoms with van der Waals surface area (Å²) in [5.41, 5.74) is 1.08. The number of hydrogen-bond acceptors (Lipinski definition) is 5. The van der Waals surface area contributed by atoms with Crippen LogP contribution in [0.2, 0.25) is 0 Å². The maximum Gasteiger partial charge on any atom is 0.302 e. The number of carbonyl (C=O) groups excluding carboxylic acids is 1. The summed E-state index contributed by atoms with van der Waals surface area (Å²) in [6.07, 6.45) is 5.16. The molecule has 1 N–H and O–H groups in total. The quantitative estimate of drug-likeness (QED) is 0.456. The first-order valence-corrected chi connectivity index (χ1v) is 9.06. The van der Waals surface area contributed by atoms with Crippen molar-refractivity contribution in [1.29, 1.82) is 0 Å². The molecule has 0 aromatic heterocycles. The van der Waals surface area contributed by atoms with E-state index in [0.717, 1.165) is 37.7 Å². The van der Waals surface area contributed by atoms with E-state index in [2.05, 4.69) is 6.92 Å². The fourth-order valence-electron chi connectivity index (χ4n) is 2.87. The highest BCUT2D eigenvalue weighted by molar-refractivity contribution is 5.66. The van der Waals surface area contributed by atoms with Crippen LogP contribution in [0.15, 0.2) is 18.2 Å². The molecule has 0 fully saturated rings. The monoisotopic (exact) mass is 352 g/mol. The van der Waals surface area contributed by atoms with Crippen molar-refractivity contribution in [3.05, 3.63) is 23.8 Å².